The van der Waals surface area contributed by atoms with Crippen molar-refractivity contribution in [2.45, 2.75) is 38.6 Å². The highest BCUT2D eigenvalue weighted by Crippen LogP contribution is 2.31. The molecule has 1 fully saturated rings. The first-order chi connectivity index (χ1) is 9.70. The molecule has 0 saturated carbocycles. The van der Waals surface area contributed by atoms with Crippen molar-refractivity contribution in [1.29, 1.82) is 0 Å². The van der Waals surface area contributed by atoms with Crippen LogP contribution in [0.2, 0.25) is 0 Å². The maximum atomic E-state index is 6.09. The quantitative estimate of drug-likeness (QED) is 0.860. The number of halogens is 1. The van der Waals surface area contributed by atoms with Crippen LogP contribution in [0, 0.1) is 5.92 Å². The van der Waals surface area contributed by atoms with E-state index in [1.165, 1.54) is 5.56 Å². The first-order valence-corrected chi connectivity index (χ1v) is 8.23. The van der Waals surface area contributed by atoms with Crippen LogP contribution >= 0.6 is 15.9 Å². The molecule has 1 aliphatic rings. The summed E-state index contributed by atoms with van der Waals surface area (Å²) in [6.07, 6.45) is 4.02. The van der Waals surface area contributed by atoms with Crippen LogP contribution in [0.25, 0.3) is 0 Å². The van der Waals surface area contributed by atoms with Gasteiger partial charge in [0.15, 0.2) is 0 Å². The van der Waals surface area contributed by atoms with Crippen molar-refractivity contribution in [3.63, 3.8) is 0 Å². The Morgan fingerprint density at radius 1 is 1.40 bits per heavy atom. The Morgan fingerprint density at radius 3 is 2.85 bits per heavy atom. The fourth-order valence-corrected chi connectivity index (χ4v) is 2.94. The molecule has 0 aromatic heterocycles. The predicted molar refractivity (Wildman–Crippen MR) is 85.2 cm³/mol. The van der Waals surface area contributed by atoms with Gasteiger partial charge in [-0.25, -0.2) is 0 Å². The van der Waals surface area contributed by atoms with Crippen LogP contribution in [0.4, 0.5) is 0 Å². The van der Waals surface area contributed by atoms with E-state index < -0.39 is 0 Å². The molecule has 1 atom stereocenters. The maximum Gasteiger partial charge on any atom is 0.136 e. The van der Waals surface area contributed by atoms with E-state index in [2.05, 4.69) is 28.9 Å². The Labute approximate surface area is 130 Å². The van der Waals surface area contributed by atoms with Gasteiger partial charge in [0, 0.05) is 19.3 Å². The van der Waals surface area contributed by atoms with Gasteiger partial charge in [0.25, 0.3) is 0 Å². The first kappa shape index (κ1) is 15.8. The van der Waals surface area contributed by atoms with E-state index in [1.807, 2.05) is 12.1 Å². The minimum Gasteiger partial charge on any atom is -0.492 e. The Balaban J connectivity index is 2.01. The summed E-state index contributed by atoms with van der Waals surface area (Å²) in [5.74, 6) is 1.56. The molecule has 1 saturated heterocycles. The predicted octanol–water partition coefficient (Wildman–Crippen LogP) is 3.53. The zero-order valence-corrected chi connectivity index (χ0v) is 13.7. The van der Waals surface area contributed by atoms with Crippen molar-refractivity contribution in [1.82, 2.24) is 0 Å². The molecule has 1 aromatic rings. The van der Waals surface area contributed by atoms with Crippen LogP contribution in [-0.4, -0.2) is 25.9 Å². The molecule has 1 unspecified atom stereocenters. The molecule has 20 heavy (non-hydrogen) atoms. The van der Waals surface area contributed by atoms with Crippen molar-refractivity contribution < 1.29 is 9.47 Å². The normalized spacial score (nSPS) is 17.9. The van der Waals surface area contributed by atoms with Crippen LogP contribution < -0.4 is 10.5 Å². The number of rotatable bonds is 6. The van der Waals surface area contributed by atoms with Crippen molar-refractivity contribution in [3.05, 3.63) is 28.2 Å². The summed E-state index contributed by atoms with van der Waals surface area (Å²) in [4.78, 5) is 0. The van der Waals surface area contributed by atoms with E-state index >= 15 is 0 Å². The Morgan fingerprint density at radius 2 is 2.15 bits per heavy atom. The van der Waals surface area contributed by atoms with Gasteiger partial charge in [0.2, 0.25) is 0 Å². The second-order valence-electron chi connectivity index (χ2n) is 5.47. The van der Waals surface area contributed by atoms with Crippen LogP contribution in [0.3, 0.4) is 0 Å². The third-order valence-corrected chi connectivity index (χ3v) is 4.48. The van der Waals surface area contributed by atoms with Gasteiger partial charge in [-0.1, -0.05) is 19.1 Å². The van der Waals surface area contributed by atoms with Gasteiger partial charge in [-0.3, -0.25) is 0 Å². The summed E-state index contributed by atoms with van der Waals surface area (Å²) in [5, 5.41) is 0. The van der Waals surface area contributed by atoms with Gasteiger partial charge in [-0.15, -0.1) is 0 Å². The Bertz CT molecular complexity index is 419. The number of para-hydroxylation sites is 1. The molecule has 0 aliphatic carbocycles. The summed E-state index contributed by atoms with van der Waals surface area (Å²) in [7, 11) is 0. The first-order valence-electron chi connectivity index (χ1n) is 7.44. The van der Waals surface area contributed by atoms with E-state index in [0.717, 1.165) is 55.7 Å². The lowest BCUT2D eigenvalue weighted by Crippen LogP contribution is -2.23. The highest BCUT2D eigenvalue weighted by atomic mass is 79.9. The molecular weight excluding hydrogens is 318 g/mol. The van der Waals surface area contributed by atoms with E-state index in [0.29, 0.717) is 5.92 Å². The van der Waals surface area contributed by atoms with E-state index in [-0.39, 0.29) is 6.04 Å². The number of ether oxygens (including phenoxy) is 2. The molecule has 4 heteroatoms. The highest BCUT2D eigenvalue weighted by molar-refractivity contribution is 9.10. The summed E-state index contributed by atoms with van der Waals surface area (Å²) in [6, 6.07) is 6.37. The van der Waals surface area contributed by atoms with E-state index in [4.69, 9.17) is 15.2 Å². The lowest BCUT2D eigenvalue weighted by atomic mass is 10.0. The van der Waals surface area contributed by atoms with Crippen LogP contribution in [0.15, 0.2) is 22.7 Å². The highest BCUT2D eigenvalue weighted by Gasteiger charge is 2.17. The lowest BCUT2D eigenvalue weighted by Gasteiger charge is -2.23. The third kappa shape index (κ3) is 4.47. The number of hydrogen-bond donors (Lipinski definition) is 1. The number of hydrogen-bond acceptors (Lipinski definition) is 3. The molecule has 2 rings (SSSR count). The number of nitrogens with two attached hydrogens (primary N) is 1. The molecule has 2 N–H and O–H groups in total. The van der Waals surface area contributed by atoms with Gasteiger partial charge in [0.05, 0.1) is 11.1 Å². The second-order valence-corrected chi connectivity index (χ2v) is 6.32. The van der Waals surface area contributed by atoms with Crippen molar-refractivity contribution >= 4 is 15.9 Å². The summed E-state index contributed by atoms with van der Waals surface area (Å²) in [5.41, 5.74) is 7.27. The largest absolute Gasteiger partial charge is 0.492 e. The minimum absolute atomic E-state index is 0.190. The molecular formula is C16H24BrNO2. The summed E-state index contributed by atoms with van der Waals surface area (Å²) in [6.45, 7) is 4.60. The Kier molecular flexibility index (Phi) is 6.33. The molecule has 112 valence electrons. The molecule has 3 nitrogen and oxygen atoms in total. The van der Waals surface area contributed by atoms with Crippen LogP contribution in [0.5, 0.6) is 5.75 Å². The topological polar surface area (TPSA) is 44.5 Å². The fraction of sp³-hybridized carbons (Fsp3) is 0.625. The average molecular weight is 342 g/mol. The van der Waals surface area contributed by atoms with Gasteiger partial charge < -0.3 is 15.2 Å². The molecule has 1 heterocycles. The third-order valence-electron chi connectivity index (χ3n) is 3.86. The van der Waals surface area contributed by atoms with Crippen LogP contribution in [0.1, 0.15) is 31.7 Å². The SMILES string of the molecule is CCC(N)Cc1cccc(Br)c1OCC1CCOCC1. The molecule has 0 bridgehead atoms. The molecule has 1 aromatic carbocycles. The zero-order chi connectivity index (χ0) is 14.4. The van der Waals surface area contributed by atoms with Gasteiger partial charge in [-0.2, -0.15) is 0 Å². The number of benzene rings is 1. The molecule has 0 radical (unpaired) electrons. The van der Waals surface area contributed by atoms with Crippen molar-refractivity contribution in [2.24, 2.45) is 11.7 Å². The summed E-state index contributed by atoms with van der Waals surface area (Å²) >= 11 is 3.59. The molecule has 0 amide bonds. The van der Waals surface area contributed by atoms with Gasteiger partial charge >= 0.3 is 0 Å². The minimum atomic E-state index is 0.190. The van der Waals surface area contributed by atoms with Crippen molar-refractivity contribution in [2.75, 3.05) is 19.8 Å². The fourth-order valence-electron chi connectivity index (χ4n) is 2.42. The summed E-state index contributed by atoms with van der Waals surface area (Å²) < 4.78 is 12.5. The zero-order valence-electron chi connectivity index (χ0n) is 12.1. The second kappa shape index (κ2) is 8.01. The molecule has 1 aliphatic heterocycles. The standard InChI is InChI=1S/C16H24BrNO2/c1-2-14(18)10-13-4-3-5-15(17)16(13)20-11-12-6-8-19-9-7-12/h3-5,12,14H,2,6-11,18H2,1H3. The average Bonchev–Trinajstić information content (AvgIpc) is 2.47. The monoisotopic (exact) mass is 341 g/mol. The van der Waals surface area contributed by atoms with E-state index in [1.54, 1.807) is 0 Å². The molecule has 0 spiro atoms. The van der Waals surface area contributed by atoms with Gasteiger partial charge in [0.1, 0.15) is 5.75 Å². The van der Waals surface area contributed by atoms with Gasteiger partial charge in [-0.05, 0) is 59.2 Å². The van der Waals surface area contributed by atoms with Crippen LogP contribution in [-0.2, 0) is 11.2 Å². The lowest BCUT2D eigenvalue weighted by molar-refractivity contribution is 0.0495. The smallest absolute Gasteiger partial charge is 0.136 e. The van der Waals surface area contributed by atoms with Crippen molar-refractivity contribution in [3.8, 4) is 5.75 Å². The maximum absolute atomic E-state index is 6.09. The Hall–Kier alpha value is -0.580. The van der Waals surface area contributed by atoms with E-state index in [9.17, 15) is 0 Å².